The predicted molar refractivity (Wildman–Crippen MR) is 127 cm³/mol. The monoisotopic (exact) mass is 504 g/mol. The number of rotatable bonds is 4. The predicted octanol–water partition coefficient (Wildman–Crippen LogP) is 5.72. The summed E-state index contributed by atoms with van der Waals surface area (Å²) in [5.74, 6) is -0.250. The first-order valence-electron chi connectivity index (χ1n) is 10.7. The van der Waals surface area contributed by atoms with Crippen LogP contribution in [0.1, 0.15) is 20.9 Å². The molecular weight excluding hydrogens is 485 g/mol. The molecule has 5 nitrogen and oxygen atoms in total. The normalized spacial score (nSPS) is 15.2. The SMILES string of the molecule is O=C(c1cc2c(C(F)(F)F)nn(-c3ccccc3)c2s1)N1CCN(Cc2ccc(Cl)cc2)CC1. The van der Waals surface area contributed by atoms with Crippen molar-refractivity contribution < 1.29 is 18.0 Å². The quantitative estimate of drug-likeness (QED) is 0.357. The molecule has 2 aromatic carbocycles. The molecule has 1 aliphatic heterocycles. The molecule has 0 bridgehead atoms. The van der Waals surface area contributed by atoms with Crippen molar-refractivity contribution >= 4 is 39.1 Å². The molecule has 0 saturated carbocycles. The van der Waals surface area contributed by atoms with Crippen LogP contribution in [0.2, 0.25) is 5.02 Å². The van der Waals surface area contributed by atoms with E-state index < -0.39 is 11.9 Å². The molecule has 1 fully saturated rings. The summed E-state index contributed by atoms with van der Waals surface area (Å²) in [5, 5.41) is 4.46. The van der Waals surface area contributed by atoms with E-state index in [1.54, 1.807) is 35.2 Å². The maximum absolute atomic E-state index is 13.7. The average Bonchev–Trinajstić information content (AvgIpc) is 3.40. The van der Waals surface area contributed by atoms with Gasteiger partial charge in [-0.3, -0.25) is 9.69 Å². The van der Waals surface area contributed by atoms with E-state index in [2.05, 4.69) is 10.00 Å². The van der Waals surface area contributed by atoms with Gasteiger partial charge in [0.15, 0.2) is 5.69 Å². The molecule has 4 aromatic rings. The number of carbonyl (C=O) groups is 1. The van der Waals surface area contributed by atoms with Crippen molar-refractivity contribution in [1.29, 1.82) is 0 Å². The van der Waals surface area contributed by atoms with Gasteiger partial charge in [-0.1, -0.05) is 41.9 Å². The summed E-state index contributed by atoms with van der Waals surface area (Å²) >= 11 is 6.99. The molecule has 0 unspecified atom stereocenters. The van der Waals surface area contributed by atoms with Crippen LogP contribution in [0.15, 0.2) is 60.7 Å². The van der Waals surface area contributed by atoms with Gasteiger partial charge in [-0.25, -0.2) is 4.68 Å². The van der Waals surface area contributed by atoms with Crippen LogP contribution in [-0.2, 0) is 12.7 Å². The smallest absolute Gasteiger partial charge is 0.335 e. The molecule has 1 aliphatic rings. The first kappa shape index (κ1) is 22.9. The van der Waals surface area contributed by atoms with Gasteiger partial charge in [0.25, 0.3) is 5.91 Å². The third-order valence-electron chi connectivity index (χ3n) is 5.82. The first-order valence-corrected chi connectivity index (χ1v) is 11.9. The van der Waals surface area contributed by atoms with E-state index in [1.165, 1.54) is 10.7 Å². The molecule has 34 heavy (non-hydrogen) atoms. The number of amides is 1. The number of hydrogen-bond donors (Lipinski definition) is 0. The van der Waals surface area contributed by atoms with E-state index in [-0.39, 0.29) is 16.2 Å². The molecule has 1 amide bonds. The van der Waals surface area contributed by atoms with E-state index in [4.69, 9.17) is 11.6 Å². The van der Waals surface area contributed by atoms with Gasteiger partial charge in [0.2, 0.25) is 0 Å². The maximum atomic E-state index is 13.7. The lowest BCUT2D eigenvalue weighted by Gasteiger charge is -2.34. The fourth-order valence-electron chi connectivity index (χ4n) is 4.08. The van der Waals surface area contributed by atoms with Crippen molar-refractivity contribution in [3.05, 3.63) is 81.8 Å². The van der Waals surface area contributed by atoms with Crippen LogP contribution >= 0.6 is 22.9 Å². The molecule has 0 radical (unpaired) electrons. The molecular formula is C24H20ClF3N4OS. The van der Waals surface area contributed by atoms with Crippen molar-refractivity contribution in [1.82, 2.24) is 19.6 Å². The molecule has 10 heteroatoms. The number of fused-ring (bicyclic) bond motifs is 1. The highest BCUT2D eigenvalue weighted by Crippen LogP contribution is 2.39. The van der Waals surface area contributed by atoms with Gasteiger partial charge in [-0.05, 0) is 35.9 Å². The highest BCUT2D eigenvalue weighted by molar-refractivity contribution is 7.20. The van der Waals surface area contributed by atoms with Crippen molar-refractivity contribution in [3.8, 4) is 5.69 Å². The van der Waals surface area contributed by atoms with Gasteiger partial charge in [-0.15, -0.1) is 11.3 Å². The highest BCUT2D eigenvalue weighted by Gasteiger charge is 2.38. The van der Waals surface area contributed by atoms with Crippen molar-refractivity contribution in [2.45, 2.75) is 12.7 Å². The van der Waals surface area contributed by atoms with Gasteiger partial charge >= 0.3 is 6.18 Å². The summed E-state index contributed by atoms with van der Waals surface area (Å²) in [5.41, 5.74) is 0.674. The van der Waals surface area contributed by atoms with Crippen LogP contribution in [-0.4, -0.2) is 51.7 Å². The molecule has 3 heterocycles. The van der Waals surface area contributed by atoms with Gasteiger partial charge in [0.05, 0.1) is 10.6 Å². The molecule has 0 N–H and O–H groups in total. The Morgan fingerprint density at radius 1 is 1.00 bits per heavy atom. The first-order chi connectivity index (χ1) is 16.3. The summed E-state index contributed by atoms with van der Waals surface area (Å²) in [6, 6.07) is 17.6. The van der Waals surface area contributed by atoms with Crippen molar-refractivity contribution in [2.24, 2.45) is 0 Å². The minimum absolute atomic E-state index is 0.0499. The molecule has 176 valence electrons. The maximum Gasteiger partial charge on any atom is 0.435 e. The van der Waals surface area contributed by atoms with Gasteiger partial charge in [0, 0.05) is 43.1 Å². The molecule has 5 rings (SSSR count). The number of hydrogen-bond acceptors (Lipinski definition) is 4. The van der Waals surface area contributed by atoms with Crippen molar-refractivity contribution in [3.63, 3.8) is 0 Å². The Labute approximate surface area is 203 Å². The fraction of sp³-hybridized carbons (Fsp3) is 0.250. The number of nitrogens with zero attached hydrogens (tertiary/aromatic N) is 4. The van der Waals surface area contributed by atoms with Gasteiger partial charge < -0.3 is 4.90 Å². The highest BCUT2D eigenvalue weighted by atomic mass is 35.5. The molecule has 0 atom stereocenters. The Kier molecular flexibility index (Phi) is 6.09. The van der Waals surface area contributed by atoms with Crippen molar-refractivity contribution in [2.75, 3.05) is 26.2 Å². The Bertz CT molecular complexity index is 1310. The molecule has 0 aliphatic carbocycles. The summed E-state index contributed by atoms with van der Waals surface area (Å²) in [4.78, 5) is 17.7. The second-order valence-corrected chi connectivity index (χ2v) is 9.59. The number of alkyl halides is 3. The van der Waals surface area contributed by atoms with E-state index in [0.29, 0.717) is 41.7 Å². The minimum Gasteiger partial charge on any atom is -0.335 e. The minimum atomic E-state index is -4.62. The number of benzene rings is 2. The molecule has 1 saturated heterocycles. The van der Waals surface area contributed by atoms with E-state index in [0.717, 1.165) is 23.4 Å². The Balaban J connectivity index is 1.36. The van der Waals surface area contributed by atoms with Crippen LogP contribution in [0.4, 0.5) is 13.2 Å². The zero-order valence-corrected chi connectivity index (χ0v) is 19.5. The zero-order valence-electron chi connectivity index (χ0n) is 17.9. The number of aromatic nitrogens is 2. The van der Waals surface area contributed by atoms with E-state index >= 15 is 0 Å². The summed E-state index contributed by atoms with van der Waals surface area (Å²) in [6.07, 6.45) is -4.62. The lowest BCUT2D eigenvalue weighted by atomic mass is 10.2. The largest absolute Gasteiger partial charge is 0.435 e. The third-order valence-corrected chi connectivity index (χ3v) is 7.17. The number of carbonyl (C=O) groups excluding carboxylic acids is 1. The lowest BCUT2D eigenvalue weighted by Crippen LogP contribution is -2.48. The Morgan fingerprint density at radius 2 is 1.68 bits per heavy atom. The van der Waals surface area contributed by atoms with Crippen LogP contribution in [0.3, 0.4) is 0 Å². The van der Waals surface area contributed by atoms with Crippen LogP contribution in [0.5, 0.6) is 0 Å². The second kappa shape index (κ2) is 9.05. The standard InChI is InChI=1S/C24H20ClF3N4OS/c25-17-8-6-16(7-9-17)15-30-10-12-31(13-11-30)22(33)20-14-19-21(24(26,27)28)29-32(23(19)34-20)18-4-2-1-3-5-18/h1-9,14H,10-13,15H2. The number of halogens is 4. The Morgan fingerprint density at radius 3 is 2.32 bits per heavy atom. The van der Waals surface area contributed by atoms with E-state index in [9.17, 15) is 18.0 Å². The average molecular weight is 505 g/mol. The van der Waals surface area contributed by atoms with E-state index in [1.807, 2.05) is 24.3 Å². The lowest BCUT2D eigenvalue weighted by molar-refractivity contribution is -0.140. The number of piperazine rings is 1. The summed E-state index contributed by atoms with van der Waals surface area (Å²) in [7, 11) is 0. The molecule has 2 aromatic heterocycles. The number of para-hydroxylation sites is 1. The van der Waals surface area contributed by atoms with Crippen LogP contribution in [0.25, 0.3) is 15.9 Å². The fourth-order valence-corrected chi connectivity index (χ4v) is 5.31. The van der Waals surface area contributed by atoms with Crippen LogP contribution in [0, 0.1) is 0 Å². The second-order valence-electron chi connectivity index (χ2n) is 8.12. The third kappa shape index (κ3) is 4.55. The van der Waals surface area contributed by atoms with Crippen LogP contribution < -0.4 is 0 Å². The van der Waals surface area contributed by atoms with Gasteiger partial charge in [-0.2, -0.15) is 18.3 Å². The summed E-state index contributed by atoms with van der Waals surface area (Å²) in [6.45, 7) is 3.15. The Hall–Kier alpha value is -2.88. The zero-order chi connectivity index (χ0) is 23.9. The van der Waals surface area contributed by atoms with Gasteiger partial charge in [0.1, 0.15) is 4.83 Å². The molecule has 0 spiro atoms. The summed E-state index contributed by atoms with van der Waals surface area (Å²) < 4.78 is 42.3. The number of thiophene rings is 1. The topological polar surface area (TPSA) is 41.4 Å².